The van der Waals surface area contributed by atoms with Gasteiger partial charge < -0.3 is 4.90 Å². The van der Waals surface area contributed by atoms with Crippen LogP contribution in [0.2, 0.25) is 0 Å². The summed E-state index contributed by atoms with van der Waals surface area (Å²) in [6, 6.07) is 5.17. The molecule has 0 aromatic heterocycles. The Hall–Kier alpha value is -0.900. The highest BCUT2D eigenvalue weighted by Crippen LogP contribution is 2.29. The number of carbonyl (C=O) groups excluding carboxylic acids is 1. The molecule has 17 heavy (non-hydrogen) atoms. The van der Waals surface area contributed by atoms with Gasteiger partial charge in [-0.15, -0.1) is 0 Å². The van der Waals surface area contributed by atoms with Gasteiger partial charge in [-0.1, -0.05) is 13.0 Å². The van der Waals surface area contributed by atoms with Crippen LogP contribution in [0.15, 0.2) is 22.7 Å². The van der Waals surface area contributed by atoms with Crippen molar-refractivity contribution in [2.75, 3.05) is 6.54 Å². The van der Waals surface area contributed by atoms with Gasteiger partial charge in [-0.2, -0.15) is 0 Å². The minimum absolute atomic E-state index is 0.166. The lowest BCUT2D eigenvalue weighted by molar-refractivity contribution is 0.0738. The number of benzene rings is 1. The SMILES string of the molecule is CCCN(C(=O)c1cccc(Br)c1F)C1CC1. The molecule has 2 rings (SSSR count). The van der Waals surface area contributed by atoms with Crippen molar-refractivity contribution in [2.24, 2.45) is 0 Å². The minimum atomic E-state index is -0.459. The molecule has 2 nitrogen and oxygen atoms in total. The fraction of sp³-hybridized carbons (Fsp3) is 0.462. The van der Waals surface area contributed by atoms with E-state index in [2.05, 4.69) is 15.9 Å². The van der Waals surface area contributed by atoms with E-state index in [-0.39, 0.29) is 11.5 Å². The lowest BCUT2D eigenvalue weighted by Crippen LogP contribution is -2.34. The molecular formula is C13H15BrFNO. The molecule has 4 heteroatoms. The molecule has 0 atom stereocenters. The maximum atomic E-state index is 13.8. The molecule has 0 spiro atoms. The monoisotopic (exact) mass is 299 g/mol. The van der Waals surface area contributed by atoms with Crippen LogP contribution in [-0.4, -0.2) is 23.4 Å². The second-order valence-electron chi connectivity index (χ2n) is 4.33. The van der Waals surface area contributed by atoms with Crippen molar-refractivity contribution in [2.45, 2.75) is 32.2 Å². The molecule has 0 radical (unpaired) electrons. The molecule has 1 fully saturated rings. The zero-order valence-electron chi connectivity index (χ0n) is 9.75. The summed E-state index contributed by atoms with van der Waals surface area (Å²) in [7, 11) is 0. The summed E-state index contributed by atoms with van der Waals surface area (Å²) < 4.78 is 14.2. The first kappa shape index (κ1) is 12.6. The number of rotatable bonds is 4. The normalized spacial score (nSPS) is 14.8. The Kier molecular flexibility index (Phi) is 3.82. The highest BCUT2D eigenvalue weighted by atomic mass is 79.9. The van der Waals surface area contributed by atoms with Crippen LogP contribution < -0.4 is 0 Å². The van der Waals surface area contributed by atoms with Gasteiger partial charge in [0.05, 0.1) is 10.0 Å². The van der Waals surface area contributed by atoms with Crippen molar-refractivity contribution in [3.63, 3.8) is 0 Å². The van der Waals surface area contributed by atoms with E-state index in [1.54, 1.807) is 23.1 Å². The van der Waals surface area contributed by atoms with Crippen LogP contribution >= 0.6 is 15.9 Å². The van der Waals surface area contributed by atoms with Crippen molar-refractivity contribution >= 4 is 21.8 Å². The van der Waals surface area contributed by atoms with Gasteiger partial charge >= 0.3 is 0 Å². The molecule has 0 saturated heterocycles. The van der Waals surface area contributed by atoms with Crippen LogP contribution in [0.25, 0.3) is 0 Å². The first-order chi connectivity index (χ1) is 8.15. The maximum absolute atomic E-state index is 13.8. The minimum Gasteiger partial charge on any atom is -0.336 e. The van der Waals surface area contributed by atoms with Crippen molar-refractivity contribution in [1.82, 2.24) is 4.90 Å². The lowest BCUT2D eigenvalue weighted by Gasteiger charge is -2.22. The van der Waals surface area contributed by atoms with E-state index in [0.29, 0.717) is 17.1 Å². The average Bonchev–Trinajstić information content (AvgIpc) is 3.13. The van der Waals surface area contributed by atoms with Gasteiger partial charge in [0.1, 0.15) is 5.82 Å². The molecule has 0 bridgehead atoms. The van der Waals surface area contributed by atoms with E-state index in [0.717, 1.165) is 19.3 Å². The molecule has 1 aliphatic rings. The molecule has 0 unspecified atom stereocenters. The van der Waals surface area contributed by atoms with Crippen LogP contribution in [0, 0.1) is 5.82 Å². The molecule has 1 aromatic rings. The first-order valence-electron chi connectivity index (χ1n) is 5.90. The Bertz CT molecular complexity index is 431. The third-order valence-corrected chi connectivity index (χ3v) is 3.51. The standard InChI is InChI=1S/C13H15BrFNO/c1-2-8-16(9-6-7-9)13(17)10-4-3-5-11(14)12(10)15/h3-5,9H,2,6-8H2,1H3. The van der Waals surface area contributed by atoms with Gasteiger partial charge in [0, 0.05) is 12.6 Å². The van der Waals surface area contributed by atoms with Crippen LogP contribution in [0.5, 0.6) is 0 Å². The predicted molar refractivity (Wildman–Crippen MR) is 68.4 cm³/mol. The summed E-state index contributed by atoms with van der Waals surface area (Å²) >= 11 is 3.11. The van der Waals surface area contributed by atoms with Crippen molar-refractivity contribution < 1.29 is 9.18 Å². The van der Waals surface area contributed by atoms with Gasteiger partial charge in [0.2, 0.25) is 0 Å². The first-order valence-corrected chi connectivity index (χ1v) is 6.69. The molecule has 1 amide bonds. The Morgan fingerprint density at radius 2 is 2.24 bits per heavy atom. The van der Waals surface area contributed by atoms with Crippen LogP contribution in [0.4, 0.5) is 4.39 Å². The summed E-state index contributed by atoms with van der Waals surface area (Å²) in [4.78, 5) is 14.1. The number of hydrogen-bond acceptors (Lipinski definition) is 1. The zero-order valence-corrected chi connectivity index (χ0v) is 11.3. The van der Waals surface area contributed by atoms with E-state index in [4.69, 9.17) is 0 Å². The molecule has 1 saturated carbocycles. The van der Waals surface area contributed by atoms with Gasteiger partial charge in [-0.25, -0.2) is 4.39 Å². The Balaban J connectivity index is 2.25. The van der Waals surface area contributed by atoms with E-state index < -0.39 is 5.82 Å². The summed E-state index contributed by atoms with van der Waals surface area (Å²) in [5.74, 6) is -0.646. The summed E-state index contributed by atoms with van der Waals surface area (Å²) in [5, 5.41) is 0. The summed E-state index contributed by atoms with van der Waals surface area (Å²) in [6.45, 7) is 2.73. The fourth-order valence-corrected chi connectivity index (χ4v) is 2.27. The lowest BCUT2D eigenvalue weighted by atomic mass is 10.1. The Morgan fingerprint density at radius 3 is 2.82 bits per heavy atom. The van der Waals surface area contributed by atoms with E-state index in [9.17, 15) is 9.18 Å². The Morgan fingerprint density at radius 1 is 1.53 bits per heavy atom. The average molecular weight is 300 g/mol. The highest BCUT2D eigenvalue weighted by Gasteiger charge is 2.33. The number of hydrogen-bond donors (Lipinski definition) is 0. The summed E-state index contributed by atoms with van der Waals surface area (Å²) in [6.07, 6.45) is 2.99. The third kappa shape index (κ3) is 2.68. The van der Waals surface area contributed by atoms with Gasteiger partial charge in [-0.05, 0) is 47.3 Å². The van der Waals surface area contributed by atoms with Gasteiger partial charge in [0.25, 0.3) is 5.91 Å². The number of amides is 1. The molecule has 1 aromatic carbocycles. The molecular weight excluding hydrogens is 285 g/mol. The number of halogens is 2. The van der Waals surface area contributed by atoms with E-state index >= 15 is 0 Å². The van der Waals surface area contributed by atoms with E-state index in [1.807, 2.05) is 6.92 Å². The largest absolute Gasteiger partial charge is 0.336 e. The molecule has 0 N–H and O–H groups in total. The Labute approximate surface area is 109 Å². The quantitative estimate of drug-likeness (QED) is 0.832. The van der Waals surface area contributed by atoms with Crippen molar-refractivity contribution in [1.29, 1.82) is 0 Å². The maximum Gasteiger partial charge on any atom is 0.257 e. The molecule has 0 heterocycles. The van der Waals surface area contributed by atoms with Gasteiger partial charge in [-0.3, -0.25) is 4.79 Å². The van der Waals surface area contributed by atoms with E-state index in [1.165, 1.54) is 0 Å². The second-order valence-corrected chi connectivity index (χ2v) is 5.19. The number of carbonyl (C=O) groups is 1. The fourth-order valence-electron chi connectivity index (χ4n) is 1.90. The third-order valence-electron chi connectivity index (χ3n) is 2.90. The molecule has 92 valence electrons. The molecule has 1 aliphatic carbocycles. The summed E-state index contributed by atoms with van der Waals surface area (Å²) in [5.41, 5.74) is 0.166. The van der Waals surface area contributed by atoms with Crippen molar-refractivity contribution in [3.8, 4) is 0 Å². The van der Waals surface area contributed by atoms with Crippen LogP contribution in [0.3, 0.4) is 0 Å². The predicted octanol–water partition coefficient (Wildman–Crippen LogP) is 3.60. The second kappa shape index (κ2) is 5.17. The highest BCUT2D eigenvalue weighted by molar-refractivity contribution is 9.10. The van der Waals surface area contributed by atoms with Gasteiger partial charge in [0.15, 0.2) is 0 Å². The molecule has 0 aliphatic heterocycles. The zero-order chi connectivity index (χ0) is 12.4. The topological polar surface area (TPSA) is 20.3 Å². The van der Waals surface area contributed by atoms with Crippen LogP contribution in [-0.2, 0) is 0 Å². The smallest absolute Gasteiger partial charge is 0.257 e. The van der Waals surface area contributed by atoms with Crippen molar-refractivity contribution in [3.05, 3.63) is 34.1 Å². The van der Waals surface area contributed by atoms with Crippen LogP contribution in [0.1, 0.15) is 36.5 Å². The number of nitrogens with zero attached hydrogens (tertiary/aromatic N) is 1.